The van der Waals surface area contributed by atoms with Crippen LogP contribution in [0.4, 0.5) is 0 Å². The van der Waals surface area contributed by atoms with Gasteiger partial charge in [0.05, 0.1) is 41.6 Å². The van der Waals surface area contributed by atoms with Crippen LogP contribution in [-0.2, 0) is 12.3 Å². The number of para-hydroxylation sites is 1. The number of thioether (sulfide) groups is 1. The number of ether oxygens (including phenoxy) is 3. The summed E-state index contributed by atoms with van der Waals surface area (Å²) in [6.07, 6.45) is 1.57. The zero-order valence-electron chi connectivity index (χ0n) is 19.2. The fourth-order valence-electron chi connectivity index (χ4n) is 3.88. The molecule has 0 amide bonds. The molecule has 0 atom stereocenters. The topological polar surface area (TPSA) is 115 Å². The number of aromatic nitrogens is 4. The molecule has 0 fully saturated rings. The molecule has 0 saturated carbocycles. The molecular weight excluding hydrogens is 484 g/mol. The Labute approximate surface area is 208 Å². The molecule has 10 nitrogen and oxygen atoms in total. The van der Waals surface area contributed by atoms with Gasteiger partial charge >= 0.3 is 0 Å². The minimum atomic E-state index is -0.214. The van der Waals surface area contributed by atoms with E-state index in [2.05, 4.69) is 10.1 Å². The van der Waals surface area contributed by atoms with Crippen LogP contribution in [0.5, 0.6) is 17.2 Å². The molecule has 1 aliphatic rings. The Balaban J connectivity index is 1.33. The summed E-state index contributed by atoms with van der Waals surface area (Å²) in [5.41, 5.74) is 1.04. The Morgan fingerprint density at radius 1 is 1.08 bits per heavy atom. The summed E-state index contributed by atoms with van der Waals surface area (Å²) >= 11 is 1.32. The summed E-state index contributed by atoms with van der Waals surface area (Å²) < 4.78 is 29.1. The zero-order valence-corrected chi connectivity index (χ0v) is 20.0. The number of furan rings is 1. The maximum Gasteiger partial charge on any atom is 0.262 e. The number of hydrogen-bond acceptors (Lipinski definition) is 10. The van der Waals surface area contributed by atoms with E-state index in [4.69, 9.17) is 28.1 Å². The van der Waals surface area contributed by atoms with E-state index in [-0.39, 0.29) is 18.9 Å². The SMILES string of the molecule is CCOc1ccccc1-c1noc(CSc2nc3cc4c(cc3c(=O)n2Cc2ccco2)OCO4)n1. The highest BCUT2D eigenvalue weighted by Gasteiger charge is 2.21. The molecule has 6 rings (SSSR count). The summed E-state index contributed by atoms with van der Waals surface area (Å²) in [5, 5.41) is 5.03. The maximum atomic E-state index is 13.5. The van der Waals surface area contributed by atoms with E-state index in [1.807, 2.05) is 37.3 Å². The van der Waals surface area contributed by atoms with Gasteiger partial charge in [-0.05, 0) is 37.3 Å². The highest BCUT2D eigenvalue weighted by molar-refractivity contribution is 7.98. The van der Waals surface area contributed by atoms with Crippen LogP contribution in [0.3, 0.4) is 0 Å². The molecular formula is C25H20N4O6S. The van der Waals surface area contributed by atoms with Crippen LogP contribution in [0, 0.1) is 0 Å². The minimum absolute atomic E-state index is 0.111. The minimum Gasteiger partial charge on any atom is -0.493 e. The van der Waals surface area contributed by atoms with Crippen molar-refractivity contribution in [2.24, 2.45) is 0 Å². The third-order valence-electron chi connectivity index (χ3n) is 5.53. The van der Waals surface area contributed by atoms with Gasteiger partial charge in [-0.3, -0.25) is 9.36 Å². The second-order valence-corrected chi connectivity index (χ2v) is 8.76. The molecule has 5 aromatic rings. The summed E-state index contributed by atoms with van der Waals surface area (Å²) in [6, 6.07) is 14.5. The molecule has 3 aromatic heterocycles. The zero-order chi connectivity index (χ0) is 24.5. The lowest BCUT2D eigenvalue weighted by Gasteiger charge is -2.12. The number of nitrogens with zero attached hydrogens (tertiary/aromatic N) is 4. The van der Waals surface area contributed by atoms with Crippen molar-refractivity contribution < 1.29 is 23.2 Å². The van der Waals surface area contributed by atoms with Crippen molar-refractivity contribution in [3.8, 4) is 28.6 Å². The monoisotopic (exact) mass is 504 g/mol. The molecule has 11 heteroatoms. The fourth-order valence-corrected chi connectivity index (χ4v) is 4.72. The Hall–Kier alpha value is -4.25. The molecule has 4 heterocycles. The van der Waals surface area contributed by atoms with Gasteiger partial charge < -0.3 is 23.2 Å². The van der Waals surface area contributed by atoms with Crippen molar-refractivity contribution in [2.45, 2.75) is 24.4 Å². The molecule has 0 radical (unpaired) electrons. The van der Waals surface area contributed by atoms with E-state index in [9.17, 15) is 4.79 Å². The molecule has 36 heavy (non-hydrogen) atoms. The number of fused-ring (bicyclic) bond motifs is 2. The van der Waals surface area contributed by atoms with Crippen molar-refractivity contribution >= 4 is 22.7 Å². The van der Waals surface area contributed by atoms with Crippen LogP contribution in [0.1, 0.15) is 18.6 Å². The predicted octanol–water partition coefficient (Wildman–Crippen LogP) is 4.51. The standard InChI is InChI=1S/C25H20N4O6S/c1-2-31-19-8-4-3-7-16(19)23-27-22(35-28-23)13-36-25-26-18-11-21-20(33-14-34-21)10-17(18)24(30)29(25)12-15-6-5-9-32-15/h3-11H,2,12-14H2,1H3. The van der Waals surface area contributed by atoms with Gasteiger partial charge in [-0.1, -0.05) is 29.1 Å². The molecule has 2 aromatic carbocycles. The smallest absolute Gasteiger partial charge is 0.262 e. The third kappa shape index (κ3) is 4.17. The van der Waals surface area contributed by atoms with Gasteiger partial charge in [0.15, 0.2) is 16.7 Å². The highest BCUT2D eigenvalue weighted by Crippen LogP contribution is 2.35. The second-order valence-electron chi connectivity index (χ2n) is 7.82. The normalized spacial score (nSPS) is 12.4. The van der Waals surface area contributed by atoms with Crippen molar-refractivity contribution in [1.29, 1.82) is 0 Å². The molecule has 1 aliphatic heterocycles. The van der Waals surface area contributed by atoms with Crippen LogP contribution in [0.15, 0.2) is 73.7 Å². The van der Waals surface area contributed by atoms with Gasteiger partial charge in [0.1, 0.15) is 11.5 Å². The quantitative estimate of drug-likeness (QED) is 0.221. The third-order valence-corrected chi connectivity index (χ3v) is 6.49. The first-order valence-corrected chi connectivity index (χ1v) is 12.2. The largest absolute Gasteiger partial charge is 0.493 e. The van der Waals surface area contributed by atoms with E-state index in [0.717, 1.165) is 5.56 Å². The summed E-state index contributed by atoms with van der Waals surface area (Å²) in [5.74, 6) is 3.54. The fraction of sp³-hybridized carbons (Fsp3) is 0.200. The number of rotatable bonds is 8. The Bertz CT molecular complexity index is 1590. The molecule has 0 N–H and O–H groups in total. The molecule has 0 spiro atoms. The van der Waals surface area contributed by atoms with Crippen molar-refractivity contribution in [3.63, 3.8) is 0 Å². The Kier molecular flexibility index (Phi) is 5.82. The van der Waals surface area contributed by atoms with Crippen LogP contribution in [0.25, 0.3) is 22.3 Å². The van der Waals surface area contributed by atoms with Crippen LogP contribution < -0.4 is 19.8 Å². The van der Waals surface area contributed by atoms with Crippen LogP contribution >= 0.6 is 11.8 Å². The van der Waals surface area contributed by atoms with Crippen molar-refractivity contribution in [3.05, 3.63) is 76.8 Å². The van der Waals surface area contributed by atoms with Gasteiger partial charge in [0.2, 0.25) is 18.5 Å². The van der Waals surface area contributed by atoms with Crippen LogP contribution in [-0.4, -0.2) is 33.1 Å². The van der Waals surface area contributed by atoms with Crippen molar-refractivity contribution in [1.82, 2.24) is 19.7 Å². The summed E-state index contributed by atoms with van der Waals surface area (Å²) in [7, 11) is 0. The lowest BCUT2D eigenvalue weighted by Crippen LogP contribution is -2.23. The van der Waals surface area contributed by atoms with E-state index in [0.29, 0.717) is 63.1 Å². The molecule has 0 unspecified atom stereocenters. The Morgan fingerprint density at radius 2 is 1.94 bits per heavy atom. The van der Waals surface area contributed by atoms with E-state index in [1.54, 1.807) is 29.0 Å². The highest BCUT2D eigenvalue weighted by atomic mass is 32.2. The lowest BCUT2D eigenvalue weighted by molar-refractivity contribution is 0.174. The first-order valence-electron chi connectivity index (χ1n) is 11.2. The van der Waals surface area contributed by atoms with Gasteiger partial charge in [-0.25, -0.2) is 4.98 Å². The van der Waals surface area contributed by atoms with E-state index in [1.165, 1.54) is 11.8 Å². The second kappa shape index (κ2) is 9.42. The average Bonchev–Trinajstić information content (AvgIpc) is 3.66. The van der Waals surface area contributed by atoms with Crippen LogP contribution in [0.2, 0.25) is 0 Å². The van der Waals surface area contributed by atoms with Gasteiger partial charge in [0, 0.05) is 6.07 Å². The molecule has 0 aliphatic carbocycles. The average molecular weight is 505 g/mol. The first-order chi connectivity index (χ1) is 17.7. The van der Waals surface area contributed by atoms with Gasteiger partial charge in [0.25, 0.3) is 5.56 Å². The maximum absolute atomic E-state index is 13.5. The van der Waals surface area contributed by atoms with E-state index >= 15 is 0 Å². The first kappa shape index (κ1) is 22.2. The van der Waals surface area contributed by atoms with Gasteiger partial charge in [-0.15, -0.1) is 0 Å². The number of benzene rings is 2. The Morgan fingerprint density at radius 3 is 2.78 bits per heavy atom. The molecule has 0 saturated heterocycles. The number of hydrogen-bond donors (Lipinski definition) is 0. The predicted molar refractivity (Wildman–Crippen MR) is 130 cm³/mol. The molecule has 182 valence electrons. The lowest BCUT2D eigenvalue weighted by atomic mass is 10.2. The summed E-state index contributed by atoms with van der Waals surface area (Å²) in [6.45, 7) is 2.78. The van der Waals surface area contributed by atoms with E-state index < -0.39 is 0 Å². The summed E-state index contributed by atoms with van der Waals surface area (Å²) in [4.78, 5) is 22.8. The van der Waals surface area contributed by atoms with Crippen molar-refractivity contribution in [2.75, 3.05) is 13.4 Å². The molecule has 0 bridgehead atoms. The van der Waals surface area contributed by atoms with Gasteiger partial charge in [-0.2, -0.15) is 4.98 Å².